The van der Waals surface area contributed by atoms with Crippen LogP contribution in [0, 0.1) is 0 Å². The Labute approximate surface area is 125 Å². The highest BCUT2D eigenvalue weighted by Gasteiger charge is 2.15. The molecule has 0 bridgehead atoms. The first kappa shape index (κ1) is 15.1. The predicted octanol–water partition coefficient (Wildman–Crippen LogP) is 4.07. The average molecular weight is 283 g/mol. The van der Waals surface area contributed by atoms with Crippen LogP contribution in [-0.2, 0) is 9.53 Å². The van der Waals surface area contributed by atoms with E-state index in [1.165, 1.54) is 0 Å². The summed E-state index contributed by atoms with van der Waals surface area (Å²) in [6.45, 7) is 3.90. The second kappa shape index (κ2) is 6.93. The van der Waals surface area contributed by atoms with Crippen molar-refractivity contribution < 1.29 is 9.53 Å². The van der Waals surface area contributed by atoms with Gasteiger partial charge in [-0.1, -0.05) is 49.4 Å². The normalized spacial score (nSPS) is 13.4. The number of carbonyl (C=O) groups excluding carboxylic acids is 1. The molecule has 110 valence electrons. The van der Waals surface area contributed by atoms with Crippen LogP contribution in [0.2, 0.25) is 0 Å². The molecule has 0 aromatic heterocycles. The highest BCUT2D eigenvalue weighted by atomic mass is 16.5. The molecule has 2 rings (SSSR count). The van der Waals surface area contributed by atoms with E-state index in [1.807, 2.05) is 68.4 Å². The van der Waals surface area contributed by atoms with Crippen LogP contribution in [0.4, 0.5) is 5.69 Å². The van der Waals surface area contributed by atoms with Crippen LogP contribution in [0.1, 0.15) is 43.4 Å². The van der Waals surface area contributed by atoms with E-state index in [4.69, 9.17) is 10.5 Å². The molecule has 2 unspecified atom stereocenters. The zero-order chi connectivity index (χ0) is 15.2. The fourth-order valence-electron chi connectivity index (χ4n) is 2.23. The highest BCUT2D eigenvalue weighted by molar-refractivity contribution is 5.71. The predicted molar refractivity (Wildman–Crippen MR) is 84.8 cm³/mol. The third-order valence-electron chi connectivity index (χ3n) is 3.56. The molecule has 0 saturated carbocycles. The van der Waals surface area contributed by atoms with E-state index in [0.29, 0.717) is 6.42 Å². The van der Waals surface area contributed by atoms with Gasteiger partial charge < -0.3 is 10.5 Å². The van der Waals surface area contributed by atoms with Crippen LogP contribution in [-0.4, -0.2) is 5.97 Å². The number of hydrogen-bond donors (Lipinski definition) is 1. The lowest BCUT2D eigenvalue weighted by atomic mass is 9.98. The minimum Gasteiger partial charge on any atom is -0.458 e. The van der Waals surface area contributed by atoms with E-state index in [-0.39, 0.29) is 18.0 Å². The van der Waals surface area contributed by atoms with E-state index in [2.05, 4.69) is 0 Å². The highest BCUT2D eigenvalue weighted by Crippen LogP contribution is 2.23. The van der Waals surface area contributed by atoms with E-state index in [1.54, 1.807) is 0 Å². The molecule has 0 amide bonds. The molecule has 0 spiro atoms. The number of ether oxygens (including phenoxy) is 1. The maximum atomic E-state index is 12.0. The zero-order valence-electron chi connectivity index (χ0n) is 12.5. The molecule has 0 heterocycles. The van der Waals surface area contributed by atoms with Crippen molar-refractivity contribution in [2.45, 2.75) is 32.3 Å². The summed E-state index contributed by atoms with van der Waals surface area (Å²) in [4.78, 5) is 12.0. The number of benzene rings is 2. The van der Waals surface area contributed by atoms with Crippen molar-refractivity contribution in [3.63, 3.8) is 0 Å². The van der Waals surface area contributed by atoms with Gasteiger partial charge in [0.1, 0.15) is 6.10 Å². The van der Waals surface area contributed by atoms with Gasteiger partial charge in [-0.3, -0.25) is 4.79 Å². The minimum absolute atomic E-state index is 0.112. The van der Waals surface area contributed by atoms with Crippen molar-refractivity contribution in [2.24, 2.45) is 0 Å². The van der Waals surface area contributed by atoms with Gasteiger partial charge in [-0.2, -0.15) is 0 Å². The lowest BCUT2D eigenvalue weighted by Crippen LogP contribution is -2.11. The Morgan fingerprint density at radius 1 is 1.00 bits per heavy atom. The van der Waals surface area contributed by atoms with Gasteiger partial charge in [-0.25, -0.2) is 0 Å². The SMILES string of the molecule is CC(CC(=O)OC(C)c1ccccc1)c1ccc(N)cc1. The van der Waals surface area contributed by atoms with Crippen molar-refractivity contribution in [3.8, 4) is 0 Å². The number of anilines is 1. The van der Waals surface area contributed by atoms with Crippen LogP contribution < -0.4 is 5.73 Å². The largest absolute Gasteiger partial charge is 0.458 e. The molecule has 2 aromatic rings. The van der Waals surface area contributed by atoms with Gasteiger partial charge in [0, 0.05) is 5.69 Å². The third-order valence-corrected chi connectivity index (χ3v) is 3.56. The number of nitrogen functional groups attached to an aromatic ring is 1. The Bertz CT molecular complexity index is 578. The lowest BCUT2D eigenvalue weighted by Gasteiger charge is -2.16. The topological polar surface area (TPSA) is 52.3 Å². The second-order valence-corrected chi connectivity index (χ2v) is 5.31. The van der Waals surface area contributed by atoms with Crippen LogP contribution in [0.5, 0.6) is 0 Å². The number of esters is 1. The van der Waals surface area contributed by atoms with E-state index < -0.39 is 0 Å². The van der Waals surface area contributed by atoms with Crippen LogP contribution in [0.15, 0.2) is 54.6 Å². The van der Waals surface area contributed by atoms with Crippen molar-refractivity contribution in [3.05, 3.63) is 65.7 Å². The maximum absolute atomic E-state index is 12.0. The molecule has 0 fully saturated rings. The summed E-state index contributed by atoms with van der Waals surface area (Å²) in [6.07, 6.45) is 0.137. The summed E-state index contributed by atoms with van der Waals surface area (Å²) in [6, 6.07) is 17.4. The lowest BCUT2D eigenvalue weighted by molar-refractivity contribution is -0.149. The molecule has 0 aliphatic carbocycles. The number of carbonyl (C=O) groups is 1. The van der Waals surface area contributed by atoms with E-state index in [9.17, 15) is 4.79 Å². The quantitative estimate of drug-likeness (QED) is 0.665. The molecule has 2 atom stereocenters. The first-order chi connectivity index (χ1) is 10.1. The van der Waals surface area contributed by atoms with Gasteiger partial charge in [0.2, 0.25) is 0 Å². The maximum Gasteiger partial charge on any atom is 0.306 e. The van der Waals surface area contributed by atoms with Gasteiger partial charge in [0.05, 0.1) is 6.42 Å². The van der Waals surface area contributed by atoms with Crippen LogP contribution in [0.3, 0.4) is 0 Å². The Morgan fingerprint density at radius 2 is 1.62 bits per heavy atom. The smallest absolute Gasteiger partial charge is 0.306 e. The molecular weight excluding hydrogens is 262 g/mol. The van der Waals surface area contributed by atoms with Crippen molar-refractivity contribution >= 4 is 11.7 Å². The fraction of sp³-hybridized carbons (Fsp3) is 0.278. The van der Waals surface area contributed by atoms with Gasteiger partial charge in [0.25, 0.3) is 0 Å². The summed E-state index contributed by atoms with van der Waals surface area (Å²) in [5.41, 5.74) is 8.49. The van der Waals surface area contributed by atoms with E-state index in [0.717, 1.165) is 16.8 Å². The second-order valence-electron chi connectivity index (χ2n) is 5.31. The number of rotatable bonds is 5. The molecule has 3 heteroatoms. The molecule has 0 radical (unpaired) electrons. The first-order valence-electron chi connectivity index (χ1n) is 7.16. The molecule has 3 nitrogen and oxygen atoms in total. The third kappa shape index (κ3) is 4.35. The van der Waals surface area contributed by atoms with Crippen molar-refractivity contribution in [2.75, 3.05) is 5.73 Å². The van der Waals surface area contributed by atoms with Gasteiger partial charge in [0.15, 0.2) is 0 Å². The summed E-state index contributed by atoms with van der Waals surface area (Å²) < 4.78 is 5.49. The van der Waals surface area contributed by atoms with Crippen LogP contribution in [0.25, 0.3) is 0 Å². The average Bonchev–Trinajstić information content (AvgIpc) is 2.48. The zero-order valence-corrected chi connectivity index (χ0v) is 12.5. The molecule has 0 aliphatic heterocycles. The summed E-state index contributed by atoms with van der Waals surface area (Å²) in [7, 11) is 0. The van der Waals surface area contributed by atoms with E-state index >= 15 is 0 Å². The van der Waals surface area contributed by atoms with Gasteiger partial charge in [-0.15, -0.1) is 0 Å². The Balaban J connectivity index is 1.91. The Kier molecular flexibility index (Phi) is 4.99. The standard InChI is InChI=1S/C18H21NO2/c1-13(15-8-10-17(19)11-9-15)12-18(20)21-14(2)16-6-4-3-5-7-16/h3-11,13-14H,12,19H2,1-2H3. The van der Waals surface area contributed by atoms with Crippen molar-refractivity contribution in [1.82, 2.24) is 0 Å². The Morgan fingerprint density at radius 3 is 2.24 bits per heavy atom. The molecule has 2 aromatic carbocycles. The summed E-state index contributed by atoms with van der Waals surface area (Å²) in [5.74, 6) is -0.0725. The molecular formula is C18H21NO2. The van der Waals surface area contributed by atoms with Crippen molar-refractivity contribution in [1.29, 1.82) is 0 Å². The van der Waals surface area contributed by atoms with Gasteiger partial charge >= 0.3 is 5.97 Å². The summed E-state index contributed by atoms with van der Waals surface area (Å²) in [5, 5.41) is 0. The van der Waals surface area contributed by atoms with Crippen LogP contribution >= 0.6 is 0 Å². The fourth-order valence-corrected chi connectivity index (χ4v) is 2.23. The minimum atomic E-state index is -0.225. The number of nitrogens with two attached hydrogens (primary N) is 1. The molecule has 0 aliphatic rings. The summed E-state index contributed by atoms with van der Waals surface area (Å²) >= 11 is 0. The monoisotopic (exact) mass is 283 g/mol. The van der Waals surface area contributed by atoms with Gasteiger partial charge in [-0.05, 0) is 36.1 Å². The first-order valence-corrected chi connectivity index (χ1v) is 7.16. The number of hydrogen-bond acceptors (Lipinski definition) is 3. The molecule has 21 heavy (non-hydrogen) atoms. The molecule has 2 N–H and O–H groups in total. The molecule has 0 saturated heterocycles. The Hall–Kier alpha value is -2.29.